The molecule has 2 rings (SSSR count). The van der Waals surface area contributed by atoms with Crippen LogP contribution in [-0.2, 0) is 0 Å². The average molecular weight is 193 g/mol. The van der Waals surface area contributed by atoms with E-state index in [1.807, 2.05) is 12.1 Å². The number of aromatic nitrogens is 2. The molecular weight excluding hydrogens is 178 g/mol. The molecule has 0 bridgehead atoms. The molecule has 0 amide bonds. The van der Waals surface area contributed by atoms with Crippen LogP contribution in [0.15, 0.2) is 18.3 Å². The van der Waals surface area contributed by atoms with Crippen LogP contribution >= 0.6 is 0 Å². The van der Waals surface area contributed by atoms with Crippen LogP contribution in [-0.4, -0.2) is 34.5 Å². The molecule has 1 aliphatic carbocycles. The Morgan fingerprint density at radius 3 is 2.86 bits per heavy atom. The quantitative estimate of drug-likeness (QED) is 0.769. The largest absolute Gasteiger partial charge is 0.395 e. The molecule has 1 aromatic rings. The fourth-order valence-corrected chi connectivity index (χ4v) is 1.74. The highest BCUT2D eigenvalue weighted by Crippen LogP contribution is 2.27. The van der Waals surface area contributed by atoms with Gasteiger partial charge in [-0.2, -0.15) is 5.10 Å². The lowest BCUT2D eigenvalue weighted by atomic mass is 9.91. The molecule has 0 spiro atoms. The second-order valence-electron chi connectivity index (χ2n) is 3.58. The number of aliphatic hydroxyl groups is 1. The van der Waals surface area contributed by atoms with Crippen LogP contribution in [0.1, 0.15) is 19.3 Å². The molecule has 0 unspecified atom stereocenters. The summed E-state index contributed by atoms with van der Waals surface area (Å²) in [4.78, 5) is 2.15. The highest BCUT2D eigenvalue weighted by Gasteiger charge is 2.25. The Kier molecular flexibility index (Phi) is 2.93. The summed E-state index contributed by atoms with van der Waals surface area (Å²) in [6.45, 7) is 0.830. The molecular formula is C10H15N3O. The summed E-state index contributed by atoms with van der Waals surface area (Å²) in [6.07, 6.45) is 5.36. The van der Waals surface area contributed by atoms with Gasteiger partial charge in [-0.15, -0.1) is 5.10 Å². The maximum atomic E-state index is 8.98. The van der Waals surface area contributed by atoms with Gasteiger partial charge in [-0.05, 0) is 31.4 Å². The minimum Gasteiger partial charge on any atom is -0.395 e. The number of hydrogen-bond donors (Lipinski definition) is 1. The van der Waals surface area contributed by atoms with Gasteiger partial charge in [0.25, 0.3) is 0 Å². The summed E-state index contributed by atoms with van der Waals surface area (Å²) >= 11 is 0. The van der Waals surface area contributed by atoms with Gasteiger partial charge in [-0.3, -0.25) is 0 Å². The maximum absolute atomic E-state index is 8.98. The third-order valence-corrected chi connectivity index (χ3v) is 2.71. The highest BCUT2D eigenvalue weighted by atomic mass is 16.3. The Balaban J connectivity index is 2.09. The van der Waals surface area contributed by atoms with E-state index in [9.17, 15) is 0 Å². The van der Waals surface area contributed by atoms with Gasteiger partial charge in [0, 0.05) is 18.8 Å². The van der Waals surface area contributed by atoms with Gasteiger partial charge >= 0.3 is 0 Å². The Morgan fingerprint density at radius 2 is 2.36 bits per heavy atom. The molecule has 0 saturated heterocycles. The molecule has 0 atom stereocenters. The van der Waals surface area contributed by atoms with Crippen molar-refractivity contribution in [2.45, 2.75) is 25.3 Å². The van der Waals surface area contributed by atoms with E-state index < -0.39 is 0 Å². The minimum absolute atomic E-state index is 0.174. The molecule has 1 heterocycles. The molecule has 1 aromatic heterocycles. The number of hydrogen-bond acceptors (Lipinski definition) is 4. The molecule has 14 heavy (non-hydrogen) atoms. The lowest BCUT2D eigenvalue weighted by molar-refractivity contribution is 0.282. The molecule has 4 nitrogen and oxygen atoms in total. The SMILES string of the molecule is OCCN(c1cccnn1)C1CCC1. The zero-order chi connectivity index (χ0) is 9.80. The van der Waals surface area contributed by atoms with Gasteiger partial charge in [-0.25, -0.2) is 0 Å². The number of rotatable bonds is 4. The normalized spacial score (nSPS) is 16.4. The van der Waals surface area contributed by atoms with E-state index in [0.717, 1.165) is 5.82 Å². The fourth-order valence-electron chi connectivity index (χ4n) is 1.74. The van der Waals surface area contributed by atoms with Gasteiger partial charge < -0.3 is 10.0 Å². The highest BCUT2D eigenvalue weighted by molar-refractivity contribution is 5.38. The van der Waals surface area contributed by atoms with Crippen molar-refractivity contribution in [1.82, 2.24) is 10.2 Å². The first kappa shape index (κ1) is 9.40. The molecule has 0 radical (unpaired) electrons. The van der Waals surface area contributed by atoms with Crippen molar-refractivity contribution in [1.29, 1.82) is 0 Å². The first-order chi connectivity index (χ1) is 6.92. The maximum Gasteiger partial charge on any atom is 0.151 e. The Hall–Kier alpha value is -1.16. The monoisotopic (exact) mass is 193 g/mol. The lowest BCUT2D eigenvalue weighted by Gasteiger charge is -2.37. The van der Waals surface area contributed by atoms with Gasteiger partial charge in [0.2, 0.25) is 0 Å². The summed E-state index contributed by atoms with van der Waals surface area (Å²) < 4.78 is 0. The molecule has 1 aliphatic rings. The van der Waals surface area contributed by atoms with Crippen LogP contribution < -0.4 is 4.90 Å². The minimum atomic E-state index is 0.174. The topological polar surface area (TPSA) is 49.2 Å². The van der Waals surface area contributed by atoms with E-state index in [0.29, 0.717) is 12.6 Å². The van der Waals surface area contributed by atoms with Crippen LogP contribution in [0.4, 0.5) is 5.82 Å². The average Bonchev–Trinajstić information content (AvgIpc) is 2.16. The second kappa shape index (κ2) is 4.37. The first-order valence-corrected chi connectivity index (χ1v) is 5.07. The van der Waals surface area contributed by atoms with Crippen molar-refractivity contribution in [3.8, 4) is 0 Å². The summed E-state index contributed by atoms with van der Waals surface area (Å²) in [7, 11) is 0. The molecule has 0 aromatic carbocycles. The molecule has 1 fully saturated rings. The third-order valence-electron chi connectivity index (χ3n) is 2.71. The zero-order valence-electron chi connectivity index (χ0n) is 8.13. The summed E-state index contributed by atoms with van der Waals surface area (Å²) in [5.74, 6) is 0.881. The number of aliphatic hydroxyl groups excluding tert-OH is 1. The summed E-state index contributed by atoms with van der Waals surface area (Å²) in [5, 5.41) is 16.9. The molecule has 1 N–H and O–H groups in total. The lowest BCUT2D eigenvalue weighted by Crippen LogP contribution is -2.42. The van der Waals surface area contributed by atoms with Gasteiger partial charge in [-0.1, -0.05) is 0 Å². The molecule has 1 saturated carbocycles. The van der Waals surface area contributed by atoms with E-state index in [2.05, 4.69) is 15.1 Å². The molecule has 4 heteroatoms. The molecule has 76 valence electrons. The Bertz CT molecular complexity index is 274. The van der Waals surface area contributed by atoms with Crippen molar-refractivity contribution in [3.05, 3.63) is 18.3 Å². The van der Waals surface area contributed by atoms with Crippen LogP contribution in [0.2, 0.25) is 0 Å². The van der Waals surface area contributed by atoms with Crippen LogP contribution in [0.3, 0.4) is 0 Å². The van der Waals surface area contributed by atoms with E-state index in [4.69, 9.17) is 5.11 Å². The summed E-state index contributed by atoms with van der Waals surface area (Å²) in [5.41, 5.74) is 0. The smallest absolute Gasteiger partial charge is 0.151 e. The standard InChI is InChI=1S/C10H15N3O/c14-8-7-13(9-3-1-4-9)10-5-2-6-11-12-10/h2,5-6,9,14H,1,3-4,7-8H2. The van der Waals surface area contributed by atoms with Crippen LogP contribution in [0, 0.1) is 0 Å². The Labute approximate surface area is 83.6 Å². The van der Waals surface area contributed by atoms with Crippen LogP contribution in [0.25, 0.3) is 0 Å². The van der Waals surface area contributed by atoms with Gasteiger partial charge in [0.1, 0.15) is 0 Å². The van der Waals surface area contributed by atoms with Crippen molar-refractivity contribution < 1.29 is 5.11 Å². The first-order valence-electron chi connectivity index (χ1n) is 5.07. The fraction of sp³-hybridized carbons (Fsp3) is 0.600. The van der Waals surface area contributed by atoms with Crippen molar-refractivity contribution in [2.75, 3.05) is 18.1 Å². The second-order valence-corrected chi connectivity index (χ2v) is 3.58. The third kappa shape index (κ3) is 1.85. The zero-order valence-corrected chi connectivity index (χ0v) is 8.13. The summed E-state index contributed by atoms with van der Waals surface area (Å²) in [6, 6.07) is 4.38. The van der Waals surface area contributed by atoms with Crippen molar-refractivity contribution >= 4 is 5.82 Å². The Morgan fingerprint density at radius 1 is 1.50 bits per heavy atom. The number of anilines is 1. The van der Waals surface area contributed by atoms with E-state index in [1.165, 1.54) is 19.3 Å². The van der Waals surface area contributed by atoms with Gasteiger partial charge in [0.15, 0.2) is 5.82 Å². The number of nitrogens with zero attached hydrogens (tertiary/aromatic N) is 3. The van der Waals surface area contributed by atoms with E-state index in [-0.39, 0.29) is 6.61 Å². The predicted octanol–water partition coefficient (Wildman–Crippen LogP) is 0.828. The van der Waals surface area contributed by atoms with Crippen molar-refractivity contribution in [2.24, 2.45) is 0 Å². The van der Waals surface area contributed by atoms with Crippen LogP contribution in [0.5, 0.6) is 0 Å². The predicted molar refractivity (Wildman–Crippen MR) is 54.1 cm³/mol. The molecule has 0 aliphatic heterocycles. The van der Waals surface area contributed by atoms with Crippen molar-refractivity contribution in [3.63, 3.8) is 0 Å². The van der Waals surface area contributed by atoms with E-state index >= 15 is 0 Å². The van der Waals surface area contributed by atoms with E-state index in [1.54, 1.807) is 6.20 Å². The van der Waals surface area contributed by atoms with Gasteiger partial charge in [0.05, 0.1) is 6.61 Å².